The average molecular weight is 339 g/mol. The average Bonchev–Trinajstić information content (AvgIpc) is 3.07. The van der Waals surface area contributed by atoms with Crippen LogP contribution in [-0.2, 0) is 10.0 Å². The Hall–Kier alpha value is -1.44. The van der Waals surface area contributed by atoms with Crippen LogP contribution in [-0.4, -0.2) is 62.8 Å². The van der Waals surface area contributed by atoms with Crippen LogP contribution in [0.25, 0.3) is 0 Å². The molecule has 1 fully saturated rings. The molecular weight excluding hydrogens is 314 g/mol. The smallest absolute Gasteiger partial charge is 0.253 e. The molecule has 1 aromatic rings. The molecule has 1 unspecified atom stereocenters. The van der Waals surface area contributed by atoms with Crippen molar-refractivity contribution in [3.05, 3.63) is 29.8 Å². The molecule has 1 aromatic carbocycles. The highest BCUT2D eigenvalue weighted by Gasteiger charge is 2.27. The summed E-state index contributed by atoms with van der Waals surface area (Å²) >= 11 is 0. The van der Waals surface area contributed by atoms with Gasteiger partial charge in [-0.05, 0) is 45.0 Å². The van der Waals surface area contributed by atoms with Gasteiger partial charge < -0.3 is 10.2 Å². The highest BCUT2D eigenvalue weighted by Crippen LogP contribution is 2.19. The van der Waals surface area contributed by atoms with Crippen molar-refractivity contribution in [2.24, 2.45) is 0 Å². The Morgan fingerprint density at radius 1 is 1.30 bits per heavy atom. The molecule has 1 aliphatic rings. The van der Waals surface area contributed by atoms with Crippen LogP contribution < -0.4 is 5.32 Å². The van der Waals surface area contributed by atoms with Crippen molar-refractivity contribution in [2.45, 2.75) is 37.2 Å². The van der Waals surface area contributed by atoms with Crippen LogP contribution in [0.1, 0.15) is 30.6 Å². The van der Waals surface area contributed by atoms with Gasteiger partial charge in [-0.1, -0.05) is 6.07 Å². The molecule has 0 bridgehead atoms. The largest absolute Gasteiger partial charge is 0.337 e. The molecule has 1 amide bonds. The van der Waals surface area contributed by atoms with Gasteiger partial charge in [0.15, 0.2) is 0 Å². The first-order valence-corrected chi connectivity index (χ1v) is 9.25. The second-order valence-corrected chi connectivity index (χ2v) is 8.20. The van der Waals surface area contributed by atoms with Crippen LogP contribution in [0.4, 0.5) is 0 Å². The lowest BCUT2D eigenvalue weighted by molar-refractivity contribution is 0.0743. The van der Waals surface area contributed by atoms with E-state index in [9.17, 15) is 13.2 Å². The van der Waals surface area contributed by atoms with E-state index in [1.807, 2.05) is 13.8 Å². The number of hydrogen-bond acceptors (Lipinski definition) is 4. The van der Waals surface area contributed by atoms with E-state index >= 15 is 0 Å². The van der Waals surface area contributed by atoms with Crippen LogP contribution in [0, 0.1) is 0 Å². The minimum absolute atomic E-state index is 0.147. The van der Waals surface area contributed by atoms with Gasteiger partial charge in [0, 0.05) is 38.3 Å². The van der Waals surface area contributed by atoms with Crippen molar-refractivity contribution < 1.29 is 13.2 Å². The summed E-state index contributed by atoms with van der Waals surface area (Å²) in [5.74, 6) is -0.150. The van der Waals surface area contributed by atoms with E-state index in [-0.39, 0.29) is 22.9 Å². The lowest BCUT2D eigenvalue weighted by Gasteiger charge is -2.24. The van der Waals surface area contributed by atoms with E-state index in [0.717, 1.165) is 19.5 Å². The third-order valence-electron chi connectivity index (χ3n) is 4.39. The fraction of sp³-hybridized carbons (Fsp3) is 0.562. The molecule has 1 N–H and O–H groups in total. The summed E-state index contributed by atoms with van der Waals surface area (Å²) in [5.41, 5.74) is 0.401. The van der Waals surface area contributed by atoms with Gasteiger partial charge >= 0.3 is 0 Å². The maximum atomic E-state index is 12.6. The Balaban J connectivity index is 2.27. The maximum absolute atomic E-state index is 12.6. The fourth-order valence-corrected chi connectivity index (χ4v) is 3.99. The normalized spacial score (nSPS) is 18.6. The van der Waals surface area contributed by atoms with Crippen LogP contribution in [0.3, 0.4) is 0 Å². The first kappa shape index (κ1) is 17.9. The number of benzene rings is 1. The minimum atomic E-state index is -3.59. The van der Waals surface area contributed by atoms with Crippen LogP contribution in [0.5, 0.6) is 0 Å². The predicted molar refractivity (Wildman–Crippen MR) is 89.9 cm³/mol. The molecule has 0 aromatic heterocycles. The lowest BCUT2D eigenvalue weighted by atomic mass is 10.1. The van der Waals surface area contributed by atoms with Crippen molar-refractivity contribution >= 4 is 15.9 Å². The molecule has 2 rings (SSSR count). The van der Waals surface area contributed by atoms with Gasteiger partial charge in [-0.2, -0.15) is 4.31 Å². The molecule has 0 saturated carbocycles. The Labute approximate surface area is 138 Å². The van der Waals surface area contributed by atoms with E-state index in [2.05, 4.69) is 5.32 Å². The summed E-state index contributed by atoms with van der Waals surface area (Å²) in [4.78, 5) is 14.4. The van der Waals surface area contributed by atoms with Gasteiger partial charge in [-0.25, -0.2) is 8.42 Å². The molecule has 23 heavy (non-hydrogen) atoms. The standard InChI is InChI=1S/C16H25N3O3S/c1-12(2)19(4)23(21,22)15-7-5-6-13(10-15)16(20)18(3)14-8-9-17-11-14/h5-7,10,12,14,17H,8-9,11H2,1-4H3. The third-order valence-corrected chi connectivity index (χ3v) is 6.42. The van der Waals surface area contributed by atoms with E-state index < -0.39 is 10.0 Å². The number of sulfonamides is 1. The quantitative estimate of drug-likeness (QED) is 0.874. The van der Waals surface area contributed by atoms with E-state index in [4.69, 9.17) is 0 Å². The number of likely N-dealkylation sites (N-methyl/N-ethyl adjacent to an activating group) is 1. The number of carbonyl (C=O) groups excluding carboxylic acids is 1. The highest BCUT2D eigenvalue weighted by molar-refractivity contribution is 7.89. The van der Waals surface area contributed by atoms with Gasteiger partial charge in [0.2, 0.25) is 10.0 Å². The zero-order chi connectivity index (χ0) is 17.2. The van der Waals surface area contributed by atoms with E-state index in [1.54, 1.807) is 31.1 Å². The van der Waals surface area contributed by atoms with Crippen molar-refractivity contribution in [1.29, 1.82) is 0 Å². The van der Waals surface area contributed by atoms with Crippen molar-refractivity contribution in [3.63, 3.8) is 0 Å². The van der Waals surface area contributed by atoms with Crippen LogP contribution >= 0.6 is 0 Å². The summed E-state index contributed by atoms with van der Waals surface area (Å²) < 4.78 is 26.4. The van der Waals surface area contributed by atoms with Gasteiger partial charge in [0.1, 0.15) is 0 Å². The molecule has 0 radical (unpaired) electrons. The number of nitrogens with one attached hydrogen (secondary N) is 1. The first-order valence-electron chi connectivity index (χ1n) is 7.81. The van der Waals surface area contributed by atoms with Crippen molar-refractivity contribution in [3.8, 4) is 0 Å². The number of amides is 1. The topological polar surface area (TPSA) is 69.7 Å². The van der Waals surface area contributed by atoms with Gasteiger partial charge in [-0.3, -0.25) is 4.79 Å². The zero-order valence-electron chi connectivity index (χ0n) is 14.1. The second-order valence-electron chi connectivity index (χ2n) is 6.21. The maximum Gasteiger partial charge on any atom is 0.253 e. The SMILES string of the molecule is CC(C)N(C)S(=O)(=O)c1cccc(C(=O)N(C)C2CCNC2)c1. The predicted octanol–water partition coefficient (Wildman–Crippen LogP) is 1.15. The van der Waals surface area contributed by atoms with E-state index in [0.29, 0.717) is 5.56 Å². The Morgan fingerprint density at radius 2 is 2.00 bits per heavy atom. The molecule has 7 heteroatoms. The number of rotatable bonds is 5. The van der Waals surface area contributed by atoms with Crippen molar-refractivity contribution in [2.75, 3.05) is 27.2 Å². The molecule has 0 aliphatic carbocycles. The first-order chi connectivity index (χ1) is 10.7. The summed E-state index contributed by atoms with van der Waals surface area (Å²) in [6.45, 7) is 5.30. The molecule has 128 valence electrons. The zero-order valence-corrected chi connectivity index (χ0v) is 14.9. The minimum Gasteiger partial charge on any atom is -0.337 e. The molecular formula is C16H25N3O3S. The molecule has 6 nitrogen and oxygen atoms in total. The summed E-state index contributed by atoms with van der Waals surface area (Å²) in [6.07, 6.45) is 0.913. The van der Waals surface area contributed by atoms with E-state index in [1.165, 1.54) is 16.4 Å². The highest BCUT2D eigenvalue weighted by atomic mass is 32.2. The summed E-state index contributed by atoms with van der Waals surface area (Å²) in [5, 5.41) is 3.23. The summed E-state index contributed by atoms with van der Waals surface area (Å²) in [7, 11) is -0.277. The second kappa shape index (κ2) is 6.98. The fourth-order valence-electron chi connectivity index (χ4n) is 2.57. The molecule has 1 aliphatic heterocycles. The monoisotopic (exact) mass is 339 g/mol. The van der Waals surface area contributed by atoms with Gasteiger partial charge in [0.05, 0.1) is 4.90 Å². The molecule has 1 heterocycles. The summed E-state index contributed by atoms with van der Waals surface area (Å²) in [6, 6.07) is 6.29. The molecule has 0 spiro atoms. The van der Waals surface area contributed by atoms with Crippen molar-refractivity contribution in [1.82, 2.24) is 14.5 Å². The Kier molecular flexibility index (Phi) is 5.44. The van der Waals surface area contributed by atoms with Gasteiger partial charge in [-0.15, -0.1) is 0 Å². The lowest BCUT2D eigenvalue weighted by Crippen LogP contribution is -2.38. The third kappa shape index (κ3) is 3.73. The number of nitrogens with zero attached hydrogens (tertiary/aromatic N) is 2. The number of hydrogen-bond donors (Lipinski definition) is 1. The molecule has 1 atom stereocenters. The van der Waals surface area contributed by atoms with Gasteiger partial charge in [0.25, 0.3) is 5.91 Å². The molecule has 1 saturated heterocycles. The van der Waals surface area contributed by atoms with Crippen LogP contribution in [0.15, 0.2) is 29.2 Å². The number of carbonyl (C=O) groups is 1. The Bertz CT molecular complexity index is 667. The van der Waals surface area contributed by atoms with Crippen LogP contribution in [0.2, 0.25) is 0 Å². The Morgan fingerprint density at radius 3 is 2.57 bits per heavy atom.